The summed E-state index contributed by atoms with van der Waals surface area (Å²) < 4.78 is 0. The van der Waals surface area contributed by atoms with Gasteiger partial charge >= 0.3 is 0 Å². The lowest BCUT2D eigenvalue weighted by Gasteiger charge is -2.09. The molecule has 14 heavy (non-hydrogen) atoms. The first-order valence-electron chi connectivity index (χ1n) is 4.71. The van der Waals surface area contributed by atoms with Crippen LogP contribution in [0.15, 0.2) is 18.5 Å². The van der Waals surface area contributed by atoms with Gasteiger partial charge in [0, 0.05) is 25.5 Å². The Bertz CT molecular complexity index is 281. The highest BCUT2D eigenvalue weighted by Gasteiger charge is 2.01. The molecule has 0 spiro atoms. The molecular formula is C10H15ClN2O. The first-order valence-corrected chi connectivity index (χ1v) is 5.09. The monoisotopic (exact) mass is 214 g/mol. The summed E-state index contributed by atoms with van der Waals surface area (Å²) in [7, 11) is 0. The van der Waals surface area contributed by atoms with E-state index in [1.54, 1.807) is 12.4 Å². The maximum atomic E-state index is 9.30. The minimum Gasteiger partial charge on any atom is -0.392 e. The van der Waals surface area contributed by atoms with Crippen molar-refractivity contribution in [2.75, 3.05) is 6.54 Å². The van der Waals surface area contributed by atoms with Crippen LogP contribution in [0.3, 0.4) is 0 Å². The van der Waals surface area contributed by atoms with Gasteiger partial charge in [0.25, 0.3) is 0 Å². The van der Waals surface area contributed by atoms with Crippen molar-refractivity contribution in [2.24, 2.45) is 0 Å². The van der Waals surface area contributed by atoms with Crippen LogP contribution in [0.2, 0.25) is 5.02 Å². The molecule has 0 radical (unpaired) electrons. The SMILES string of the molecule is CCC(O)CNCc1ccncc1Cl. The van der Waals surface area contributed by atoms with Gasteiger partial charge in [0.15, 0.2) is 0 Å². The van der Waals surface area contributed by atoms with Crippen LogP contribution in [0.4, 0.5) is 0 Å². The van der Waals surface area contributed by atoms with E-state index in [1.165, 1.54) is 0 Å². The summed E-state index contributed by atoms with van der Waals surface area (Å²) in [6, 6.07) is 1.87. The Hall–Kier alpha value is -0.640. The van der Waals surface area contributed by atoms with Gasteiger partial charge in [0.05, 0.1) is 11.1 Å². The Morgan fingerprint density at radius 2 is 2.43 bits per heavy atom. The number of nitrogens with one attached hydrogen (secondary N) is 1. The normalized spacial score (nSPS) is 12.8. The van der Waals surface area contributed by atoms with Gasteiger partial charge in [-0.3, -0.25) is 4.98 Å². The highest BCUT2D eigenvalue weighted by Crippen LogP contribution is 2.12. The Morgan fingerprint density at radius 3 is 3.07 bits per heavy atom. The Labute approximate surface area is 89.1 Å². The third-order valence-corrected chi connectivity index (χ3v) is 2.36. The molecule has 0 amide bonds. The van der Waals surface area contributed by atoms with Crippen molar-refractivity contribution in [3.8, 4) is 0 Å². The van der Waals surface area contributed by atoms with E-state index in [4.69, 9.17) is 11.6 Å². The number of aliphatic hydroxyl groups excluding tert-OH is 1. The van der Waals surface area contributed by atoms with Crippen molar-refractivity contribution in [1.29, 1.82) is 0 Å². The molecule has 0 aliphatic rings. The average molecular weight is 215 g/mol. The molecule has 1 heterocycles. The molecule has 4 heteroatoms. The molecule has 1 aromatic rings. The van der Waals surface area contributed by atoms with Crippen molar-refractivity contribution in [1.82, 2.24) is 10.3 Å². The molecule has 0 bridgehead atoms. The number of nitrogens with zero attached hydrogens (tertiary/aromatic N) is 1. The largest absolute Gasteiger partial charge is 0.392 e. The minimum atomic E-state index is -0.282. The maximum absolute atomic E-state index is 9.30. The molecular weight excluding hydrogens is 200 g/mol. The van der Waals surface area contributed by atoms with Gasteiger partial charge in [-0.1, -0.05) is 18.5 Å². The zero-order chi connectivity index (χ0) is 10.4. The molecule has 1 aromatic heterocycles. The van der Waals surface area contributed by atoms with Gasteiger partial charge in [-0.15, -0.1) is 0 Å². The summed E-state index contributed by atoms with van der Waals surface area (Å²) in [5.41, 5.74) is 1.00. The Kier molecular flexibility index (Phi) is 4.87. The second kappa shape index (κ2) is 5.96. The molecule has 2 N–H and O–H groups in total. The number of rotatable bonds is 5. The fourth-order valence-electron chi connectivity index (χ4n) is 1.07. The second-order valence-electron chi connectivity index (χ2n) is 3.16. The van der Waals surface area contributed by atoms with Gasteiger partial charge in [-0.05, 0) is 18.1 Å². The number of aliphatic hydroxyl groups is 1. The minimum absolute atomic E-state index is 0.282. The van der Waals surface area contributed by atoms with Crippen LogP contribution in [0.1, 0.15) is 18.9 Å². The summed E-state index contributed by atoms with van der Waals surface area (Å²) in [5, 5.41) is 13.1. The first-order chi connectivity index (χ1) is 6.74. The maximum Gasteiger partial charge on any atom is 0.0662 e. The van der Waals surface area contributed by atoms with Gasteiger partial charge in [0.2, 0.25) is 0 Å². The highest BCUT2D eigenvalue weighted by atomic mass is 35.5. The molecule has 0 aliphatic carbocycles. The lowest BCUT2D eigenvalue weighted by molar-refractivity contribution is 0.167. The van der Waals surface area contributed by atoms with Crippen LogP contribution in [-0.4, -0.2) is 22.7 Å². The molecule has 1 unspecified atom stereocenters. The quantitative estimate of drug-likeness (QED) is 0.783. The average Bonchev–Trinajstić information content (AvgIpc) is 2.20. The third-order valence-electron chi connectivity index (χ3n) is 2.02. The summed E-state index contributed by atoms with van der Waals surface area (Å²) in [6.07, 6.45) is 3.81. The second-order valence-corrected chi connectivity index (χ2v) is 3.57. The van der Waals surface area contributed by atoms with Crippen LogP contribution in [0.5, 0.6) is 0 Å². The van der Waals surface area contributed by atoms with E-state index >= 15 is 0 Å². The van der Waals surface area contributed by atoms with Crippen molar-refractivity contribution in [3.63, 3.8) is 0 Å². The summed E-state index contributed by atoms with van der Waals surface area (Å²) in [4.78, 5) is 3.90. The predicted molar refractivity (Wildman–Crippen MR) is 57.3 cm³/mol. The number of hydrogen-bond donors (Lipinski definition) is 2. The lowest BCUT2D eigenvalue weighted by atomic mass is 10.2. The lowest BCUT2D eigenvalue weighted by Crippen LogP contribution is -2.25. The van der Waals surface area contributed by atoms with Crippen molar-refractivity contribution in [2.45, 2.75) is 26.0 Å². The summed E-state index contributed by atoms with van der Waals surface area (Å²) in [5.74, 6) is 0. The number of aromatic nitrogens is 1. The van der Waals surface area contributed by atoms with Gasteiger partial charge in [-0.2, -0.15) is 0 Å². The van der Waals surface area contributed by atoms with E-state index < -0.39 is 0 Å². The first kappa shape index (κ1) is 11.4. The molecule has 1 atom stereocenters. The molecule has 1 rings (SSSR count). The van der Waals surface area contributed by atoms with Crippen LogP contribution in [-0.2, 0) is 6.54 Å². The zero-order valence-corrected chi connectivity index (χ0v) is 8.96. The fourth-order valence-corrected chi connectivity index (χ4v) is 1.25. The van der Waals surface area contributed by atoms with Gasteiger partial charge in [0.1, 0.15) is 0 Å². The highest BCUT2D eigenvalue weighted by molar-refractivity contribution is 6.31. The van der Waals surface area contributed by atoms with E-state index in [2.05, 4.69) is 10.3 Å². The molecule has 0 aromatic carbocycles. The van der Waals surface area contributed by atoms with Crippen LogP contribution >= 0.6 is 11.6 Å². The van der Waals surface area contributed by atoms with Gasteiger partial charge < -0.3 is 10.4 Å². The summed E-state index contributed by atoms with van der Waals surface area (Å²) >= 11 is 5.91. The van der Waals surface area contributed by atoms with Crippen LogP contribution in [0.25, 0.3) is 0 Å². The van der Waals surface area contributed by atoms with Crippen LogP contribution in [0, 0.1) is 0 Å². The smallest absolute Gasteiger partial charge is 0.0662 e. The van der Waals surface area contributed by atoms with E-state index in [-0.39, 0.29) is 6.10 Å². The van der Waals surface area contributed by atoms with Crippen molar-refractivity contribution < 1.29 is 5.11 Å². The molecule has 0 saturated heterocycles. The standard InChI is InChI=1S/C10H15ClN2O/c1-2-9(14)6-13-5-8-3-4-12-7-10(8)11/h3-4,7,9,13-14H,2,5-6H2,1H3. The topological polar surface area (TPSA) is 45.1 Å². The van der Waals surface area contributed by atoms with E-state index in [0.717, 1.165) is 12.0 Å². The molecule has 0 saturated carbocycles. The predicted octanol–water partition coefficient (Wildman–Crippen LogP) is 1.60. The van der Waals surface area contributed by atoms with Crippen molar-refractivity contribution in [3.05, 3.63) is 29.0 Å². The third kappa shape index (κ3) is 3.62. The van der Waals surface area contributed by atoms with E-state index in [1.807, 2.05) is 13.0 Å². The summed E-state index contributed by atoms with van der Waals surface area (Å²) in [6.45, 7) is 3.21. The fraction of sp³-hybridized carbons (Fsp3) is 0.500. The molecule has 3 nitrogen and oxygen atoms in total. The Morgan fingerprint density at radius 1 is 1.64 bits per heavy atom. The number of pyridine rings is 1. The number of hydrogen-bond acceptors (Lipinski definition) is 3. The molecule has 78 valence electrons. The van der Waals surface area contributed by atoms with E-state index in [9.17, 15) is 5.11 Å². The Balaban J connectivity index is 2.35. The van der Waals surface area contributed by atoms with E-state index in [0.29, 0.717) is 18.1 Å². The molecule has 0 fully saturated rings. The van der Waals surface area contributed by atoms with Crippen LogP contribution < -0.4 is 5.32 Å². The van der Waals surface area contributed by atoms with Crippen molar-refractivity contribution >= 4 is 11.6 Å². The molecule has 0 aliphatic heterocycles. The zero-order valence-electron chi connectivity index (χ0n) is 8.20. The number of halogens is 1. The van der Waals surface area contributed by atoms with Gasteiger partial charge in [-0.25, -0.2) is 0 Å².